The summed E-state index contributed by atoms with van der Waals surface area (Å²) >= 11 is 0. The lowest BCUT2D eigenvalue weighted by molar-refractivity contribution is -0.383. The van der Waals surface area contributed by atoms with Gasteiger partial charge < -0.3 is 130 Å². The van der Waals surface area contributed by atoms with Crippen molar-refractivity contribution in [2.45, 2.75) is 200 Å². The lowest BCUT2D eigenvalue weighted by Crippen LogP contribution is -2.71. The quantitative estimate of drug-likeness (QED) is 0.0504. The predicted molar refractivity (Wildman–Crippen MR) is 220 cm³/mol. The highest BCUT2D eigenvalue weighted by Crippen LogP contribution is 2.35. The summed E-state index contributed by atoms with van der Waals surface area (Å²) in [5.41, 5.74) is 0. The molecular weight excluding hydrogens is 938 g/mol. The lowest BCUT2D eigenvalue weighted by Gasteiger charge is -2.50. The smallest absolute Gasteiger partial charge is 0.222 e. The second kappa shape index (κ2) is 25.9. The fourth-order valence-electron chi connectivity index (χ4n) is 8.65. The largest absolute Gasteiger partial charge is 0.394 e. The summed E-state index contributed by atoms with van der Waals surface area (Å²) < 4.78 is 51.9. The molecule has 5 aliphatic rings. The third-order valence-corrected chi connectivity index (χ3v) is 12.4. The Morgan fingerprint density at radius 1 is 0.449 bits per heavy atom. The van der Waals surface area contributed by atoms with Crippen LogP contribution in [0.4, 0.5) is 0 Å². The predicted octanol–water partition coefficient (Wildman–Crippen LogP) is -9.93. The zero-order valence-corrected chi connectivity index (χ0v) is 38.0. The van der Waals surface area contributed by atoms with E-state index in [1.807, 2.05) is 6.92 Å². The number of ether oxygens (including phenoxy) is 9. The van der Waals surface area contributed by atoms with E-state index >= 15 is 0 Å². The van der Waals surface area contributed by atoms with Crippen LogP contribution in [0.2, 0.25) is 0 Å². The zero-order chi connectivity index (χ0) is 51.0. The van der Waals surface area contributed by atoms with Crippen molar-refractivity contribution in [3.63, 3.8) is 0 Å². The summed E-state index contributed by atoms with van der Waals surface area (Å²) in [5.74, 6) is -1.93. The third-order valence-electron chi connectivity index (χ3n) is 12.4. The molecule has 5 heterocycles. The van der Waals surface area contributed by atoms with Crippen LogP contribution in [0.15, 0.2) is 0 Å². The van der Waals surface area contributed by atoms with E-state index in [2.05, 4.69) is 16.0 Å². The lowest BCUT2D eigenvalue weighted by atomic mass is 9.93. The van der Waals surface area contributed by atoms with Crippen LogP contribution in [-0.2, 0) is 57.0 Å². The Hall–Kier alpha value is -2.51. The van der Waals surface area contributed by atoms with Gasteiger partial charge in [0.15, 0.2) is 31.4 Å². The molecule has 25 atom stereocenters. The number of unbranched alkanes of at least 4 members (excludes halogenated alkanes) is 2. The number of carbonyl (C=O) groups is 3. The van der Waals surface area contributed by atoms with Gasteiger partial charge in [-0.05, 0) is 6.42 Å². The molecular formula is C40H69N3O26. The van der Waals surface area contributed by atoms with Gasteiger partial charge in [0.2, 0.25) is 17.7 Å². The first-order valence-electron chi connectivity index (χ1n) is 22.6. The molecule has 0 saturated carbocycles. The van der Waals surface area contributed by atoms with Gasteiger partial charge in [-0.2, -0.15) is 0 Å². The highest BCUT2D eigenvalue weighted by atomic mass is 16.8. The van der Waals surface area contributed by atoms with Gasteiger partial charge in [-0.25, -0.2) is 0 Å². The van der Waals surface area contributed by atoms with Crippen LogP contribution in [0.3, 0.4) is 0 Å². The Morgan fingerprint density at radius 3 is 1.45 bits per heavy atom. The second-order valence-electron chi connectivity index (χ2n) is 17.5. The van der Waals surface area contributed by atoms with Crippen molar-refractivity contribution in [1.29, 1.82) is 0 Å². The molecule has 5 aliphatic heterocycles. The molecule has 3 amide bonds. The van der Waals surface area contributed by atoms with E-state index in [1.54, 1.807) is 0 Å². The summed E-state index contributed by atoms with van der Waals surface area (Å²) in [7, 11) is 0. The maximum Gasteiger partial charge on any atom is 0.222 e. The molecule has 0 aromatic heterocycles. The van der Waals surface area contributed by atoms with E-state index in [9.17, 15) is 85.9 Å². The monoisotopic (exact) mass is 1010 g/mol. The molecule has 17 N–H and O–H groups in total. The van der Waals surface area contributed by atoms with E-state index < -0.39 is 204 Å². The SMILES string of the molecule is CCCCCC(=O)N[C@@H]1OC(CO)[C@@H](O[C@@H]2OC(CO)[C@@H](O[C@@H]3OC(CO[C@H]4OC(CO)[C@@H](O)[C@H](O)C4O)[C@@H](O)[C@H](O[C@H]4O[C@@H](CO)[C@@H](O)C(O)C4O)C3O)[C@H](O)C2NC(C)=O)[C@H](O)C1NC(C)=O. The van der Waals surface area contributed by atoms with Crippen LogP contribution in [0.1, 0.15) is 46.5 Å². The average Bonchev–Trinajstić information content (AvgIpc) is 3.31. The van der Waals surface area contributed by atoms with Gasteiger partial charge in [0.25, 0.3) is 0 Å². The first kappa shape index (κ1) is 57.4. The molecule has 0 radical (unpaired) electrons. The summed E-state index contributed by atoms with van der Waals surface area (Å²) in [6.07, 6.45) is -39.7. The number of amides is 3. The highest BCUT2D eigenvalue weighted by molar-refractivity contribution is 5.77. The molecule has 5 saturated heterocycles. The molecule has 29 heteroatoms. The molecule has 0 spiro atoms. The van der Waals surface area contributed by atoms with E-state index in [1.165, 1.54) is 0 Å². The minimum Gasteiger partial charge on any atom is -0.394 e. The first-order chi connectivity index (χ1) is 32.7. The Labute approximate surface area is 394 Å². The van der Waals surface area contributed by atoms with Crippen molar-refractivity contribution in [2.24, 2.45) is 0 Å². The number of carbonyl (C=O) groups excluding carboxylic acids is 3. The fraction of sp³-hybridized carbons (Fsp3) is 0.925. The maximum atomic E-state index is 12.8. The highest BCUT2D eigenvalue weighted by Gasteiger charge is 2.56. The Morgan fingerprint density at radius 2 is 0.899 bits per heavy atom. The van der Waals surface area contributed by atoms with E-state index in [4.69, 9.17) is 42.6 Å². The third kappa shape index (κ3) is 13.6. The standard InChI is InChI=1S/C40H69N3O26/c1-4-5-6-7-20(50)43-36-21(41-13(2)48)26(54)33(17(10-46)62-36)67-37-22(42-14(3)49)27(55)34(18(11-47)65-37)68-40-32(60)35(69-39-31(59)29(57)24(52)16(9-45)64-39)25(53)19(66-40)12-61-38-30(58)28(56)23(51)15(8-44)63-38/h15-19,21-40,44-47,51-60H,4-12H2,1-3H3,(H,41,48)(H,42,49)(H,43,50)/t15?,16-,17?,18?,19?,21?,22?,23+,24+,25+,26+,27+,28-,29?,30?,31?,32?,33+,34+,35-,36+,37-,38-,39+,40-/m0/s1. The van der Waals surface area contributed by atoms with Crippen LogP contribution in [0.25, 0.3) is 0 Å². The van der Waals surface area contributed by atoms with Gasteiger partial charge in [0.1, 0.15) is 122 Å². The van der Waals surface area contributed by atoms with Gasteiger partial charge in [0.05, 0.1) is 33.0 Å². The fourth-order valence-corrected chi connectivity index (χ4v) is 8.65. The Bertz CT molecular complexity index is 1620. The number of rotatable bonds is 20. The molecule has 0 aromatic carbocycles. The summed E-state index contributed by atoms with van der Waals surface area (Å²) in [4.78, 5) is 37.7. The topological polar surface area (TPSA) is 454 Å². The maximum absolute atomic E-state index is 12.8. The van der Waals surface area contributed by atoms with Crippen LogP contribution < -0.4 is 16.0 Å². The molecule has 0 aliphatic carbocycles. The van der Waals surface area contributed by atoms with Gasteiger partial charge in [-0.1, -0.05) is 19.8 Å². The molecule has 69 heavy (non-hydrogen) atoms. The van der Waals surface area contributed by atoms with Crippen molar-refractivity contribution in [3.05, 3.63) is 0 Å². The van der Waals surface area contributed by atoms with E-state index in [-0.39, 0.29) is 6.42 Å². The Balaban J connectivity index is 1.40. The Kier molecular flexibility index (Phi) is 21.6. The number of hydrogen-bond donors (Lipinski definition) is 17. The number of aliphatic hydroxyl groups is 14. The van der Waals surface area contributed by atoms with E-state index in [0.29, 0.717) is 6.42 Å². The normalized spacial score (nSPS) is 45.1. The first-order valence-corrected chi connectivity index (χ1v) is 22.6. The molecule has 5 fully saturated rings. The number of nitrogens with one attached hydrogen (secondary N) is 3. The minimum atomic E-state index is -2.19. The molecule has 29 nitrogen and oxygen atoms in total. The van der Waals surface area contributed by atoms with Gasteiger partial charge in [-0.3, -0.25) is 14.4 Å². The molecule has 400 valence electrons. The molecule has 0 bridgehead atoms. The van der Waals surface area contributed by atoms with Gasteiger partial charge in [-0.15, -0.1) is 0 Å². The average molecular weight is 1010 g/mol. The van der Waals surface area contributed by atoms with Crippen molar-refractivity contribution in [3.8, 4) is 0 Å². The van der Waals surface area contributed by atoms with Crippen molar-refractivity contribution in [2.75, 3.05) is 33.0 Å². The van der Waals surface area contributed by atoms with Crippen LogP contribution in [0.5, 0.6) is 0 Å². The van der Waals surface area contributed by atoms with Crippen molar-refractivity contribution in [1.82, 2.24) is 16.0 Å². The molecule has 5 rings (SSSR count). The number of hydrogen-bond acceptors (Lipinski definition) is 26. The minimum absolute atomic E-state index is 0.0876. The van der Waals surface area contributed by atoms with Crippen LogP contribution >= 0.6 is 0 Å². The molecule has 0 aromatic rings. The summed E-state index contributed by atoms with van der Waals surface area (Å²) in [6.45, 7) is -0.308. The van der Waals surface area contributed by atoms with Crippen LogP contribution in [-0.4, -0.2) is 276 Å². The summed E-state index contributed by atoms with van der Waals surface area (Å²) in [5, 5.41) is 157. The zero-order valence-electron chi connectivity index (χ0n) is 38.0. The summed E-state index contributed by atoms with van der Waals surface area (Å²) in [6, 6.07) is -3.09. The van der Waals surface area contributed by atoms with Crippen molar-refractivity contribution >= 4 is 17.7 Å². The second-order valence-corrected chi connectivity index (χ2v) is 17.5. The molecule has 10 unspecified atom stereocenters. The van der Waals surface area contributed by atoms with Crippen LogP contribution in [0, 0.1) is 0 Å². The van der Waals surface area contributed by atoms with Gasteiger partial charge >= 0.3 is 0 Å². The van der Waals surface area contributed by atoms with Crippen molar-refractivity contribution < 1.29 is 129 Å². The van der Waals surface area contributed by atoms with E-state index in [0.717, 1.165) is 26.7 Å². The van der Waals surface area contributed by atoms with Gasteiger partial charge in [0, 0.05) is 20.3 Å². The number of aliphatic hydroxyl groups excluding tert-OH is 14.